The number of carbonyl (C=O) groups is 2. The van der Waals surface area contributed by atoms with Gasteiger partial charge < -0.3 is 26.0 Å². The number of carbonyl (C=O) groups excluding carboxylic acids is 2. The van der Waals surface area contributed by atoms with Gasteiger partial charge in [0.1, 0.15) is 11.6 Å². The summed E-state index contributed by atoms with van der Waals surface area (Å²) in [4.78, 5) is 36.1. The van der Waals surface area contributed by atoms with Crippen molar-refractivity contribution >= 4 is 35.1 Å². The van der Waals surface area contributed by atoms with Crippen LogP contribution in [-0.4, -0.2) is 48.1 Å². The number of aromatic nitrogens is 2. The van der Waals surface area contributed by atoms with Crippen molar-refractivity contribution in [2.45, 2.75) is 26.2 Å². The first-order valence-corrected chi connectivity index (χ1v) is 9.60. The Morgan fingerprint density at radius 3 is 2.72 bits per heavy atom. The Morgan fingerprint density at radius 1 is 1.24 bits per heavy atom. The number of nitrogens with one attached hydrogen (secondary N) is 2. The van der Waals surface area contributed by atoms with Crippen LogP contribution in [0.5, 0.6) is 0 Å². The third-order valence-electron chi connectivity index (χ3n) is 5.34. The van der Waals surface area contributed by atoms with Crippen LogP contribution in [0.15, 0.2) is 18.2 Å². The molecule has 1 saturated heterocycles. The molecule has 29 heavy (non-hydrogen) atoms. The molecule has 1 aromatic heterocycles. The summed E-state index contributed by atoms with van der Waals surface area (Å²) in [5.74, 6) is -0.395. The molecule has 0 radical (unpaired) electrons. The van der Waals surface area contributed by atoms with Gasteiger partial charge in [0, 0.05) is 25.2 Å². The highest BCUT2D eigenvalue weighted by Crippen LogP contribution is 2.36. The van der Waals surface area contributed by atoms with Gasteiger partial charge in [-0.25, -0.2) is 0 Å². The van der Waals surface area contributed by atoms with E-state index in [0.29, 0.717) is 49.3 Å². The van der Waals surface area contributed by atoms with E-state index in [9.17, 15) is 9.59 Å². The standard InChI is InChI=1S/C20H24N6O3/c1-11-3-4-13(9-12(11)2)22-19(28)14-10-15(27)23-18-16(14)17(21)24-20(25-18)26-5-7-29-8-6-26/h3-4,9,14H,5-8,10H2,1-2H3,(H,22,28)(H3,21,23,24,25,27)/t14-/m0/s1. The van der Waals surface area contributed by atoms with Crippen molar-refractivity contribution in [1.29, 1.82) is 0 Å². The molecule has 3 heterocycles. The van der Waals surface area contributed by atoms with Crippen molar-refractivity contribution in [3.05, 3.63) is 34.9 Å². The van der Waals surface area contributed by atoms with E-state index in [1.54, 1.807) is 0 Å². The zero-order chi connectivity index (χ0) is 20.5. The molecule has 0 aliphatic carbocycles. The Kier molecular flexibility index (Phi) is 5.06. The fourth-order valence-electron chi connectivity index (χ4n) is 3.56. The molecule has 0 bridgehead atoms. The summed E-state index contributed by atoms with van der Waals surface area (Å²) < 4.78 is 5.35. The maximum absolute atomic E-state index is 13.0. The second kappa shape index (κ2) is 7.67. The van der Waals surface area contributed by atoms with Crippen LogP contribution in [0.25, 0.3) is 0 Å². The quantitative estimate of drug-likeness (QED) is 0.720. The topological polar surface area (TPSA) is 122 Å². The molecule has 1 atom stereocenters. The first-order valence-electron chi connectivity index (χ1n) is 9.60. The molecule has 4 rings (SSSR count). The van der Waals surface area contributed by atoms with Gasteiger partial charge in [-0.15, -0.1) is 0 Å². The number of aryl methyl sites for hydroxylation is 2. The monoisotopic (exact) mass is 396 g/mol. The lowest BCUT2D eigenvalue weighted by Crippen LogP contribution is -2.38. The highest BCUT2D eigenvalue weighted by atomic mass is 16.5. The van der Waals surface area contributed by atoms with E-state index >= 15 is 0 Å². The van der Waals surface area contributed by atoms with E-state index in [1.807, 2.05) is 36.9 Å². The molecular formula is C20H24N6O3. The SMILES string of the molecule is Cc1ccc(NC(=O)[C@H]2CC(=O)Nc3nc(N4CCOCC4)nc(N)c32)cc1C. The number of hydrogen-bond acceptors (Lipinski definition) is 7. The lowest BCUT2D eigenvalue weighted by molar-refractivity contribution is -0.123. The van der Waals surface area contributed by atoms with Gasteiger partial charge in [0.15, 0.2) is 0 Å². The lowest BCUT2D eigenvalue weighted by atomic mass is 9.91. The summed E-state index contributed by atoms with van der Waals surface area (Å²) in [5, 5.41) is 5.63. The minimum atomic E-state index is -0.751. The van der Waals surface area contributed by atoms with E-state index in [0.717, 1.165) is 11.1 Å². The summed E-state index contributed by atoms with van der Waals surface area (Å²) in [6.07, 6.45) is -0.00582. The lowest BCUT2D eigenvalue weighted by Gasteiger charge is -2.30. The molecule has 2 aromatic rings. The van der Waals surface area contributed by atoms with Gasteiger partial charge in [-0.05, 0) is 37.1 Å². The molecule has 152 valence electrons. The Hall–Kier alpha value is -3.20. The molecule has 4 N–H and O–H groups in total. The zero-order valence-corrected chi connectivity index (χ0v) is 16.5. The second-order valence-corrected chi connectivity index (χ2v) is 7.36. The average molecular weight is 396 g/mol. The molecule has 0 unspecified atom stereocenters. The minimum Gasteiger partial charge on any atom is -0.383 e. The molecule has 9 heteroatoms. The highest BCUT2D eigenvalue weighted by molar-refractivity contribution is 6.05. The van der Waals surface area contributed by atoms with Gasteiger partial charge in [0.05, 0.1) is 24.7 Å². The molecule has 0 saturated carbocycles. The number of nitrogens with zero attached hydrogens (tertiary/aromatic N) is 3. The van der Waals surface area contributed by atoms with E-state index < -0.39 is 5.92 Å². The van der Waals surface area contributed by atoms with Crippen LogP contribution < -0.4 is 21.3 Å². The first-order chi connectivity index (χ1) is 13.9. The predicted molar refractivity (Wildman–Crippen MR) is 110 cm³/mol. The fourth-order valence-corrected chi connectivity index (χ4v) is 3.56. The molecule has 0 spiro atoms. The summed E-state index contributed by atoms with van der Waals surface area (Å²) in [6, 6.07) is 5.68. The van der Waals surface area contributed by atoms with Gasteiger partial charge in [0.25, 0.3) is 0 Å². The molecule has 9 nitrogen and oxygen atoms in total. The number of nitrogens with two attached hydrogens (primary N) is 1. The van der Waals surface area contributed by atoms with Crippen LogP contribution in [0, 0.1) is 13.8 Å². The van der Waals surface area contributed by atoms with Crippen LogP contribution >= 0.6 is 0 Å². The average Bonchev–Trinajstić information content (AvgIpc) is 2.70. The number of anilines is 4. The van der Waals surface area contributed by atoms with Crippen molar-refractivity contribution in [2.24, 2.45) is 0 Å². The van der Waals surface area contributed by atoms with Gasteiger partial charge >= 0.3 is 0 Å². The molecular weight excluding hydrogens is 372 g/mol. The van der Waals surface area contributed by atoms with Crippen molar-refractivity contribution in [3.63, 3.8) is 0 Å². The Morgan fingerprint density at radius 2 is 2.00 bits per heavy atom. The van der Waals surface area contributed by atoms with Crippen LogP contribution in [0.3, 0.4) is 0 Å². The van der Waals surface area contributed by atoms with Crippen molar-refractivity contribution in [2.75, 3.05) is 47.6 Å². The molecule has 2 aliphatic rings. The van der Waals surface area contributed by atoms with Gasteiger partial charge in [0.2, 0.25) is 17.8 Å². The van der Waals surface area contributed by atoms with E-state index in [4.69, 9.17) is 10.5 Å². The van der Waals surface area contributed by atoms with Crippen molar-refractivity contribution < 1.29 is 14.3 Å². The van der Waals surface area contributed by atoms with Crippen LogP contribution in [0.1, 0.15) is 29.0 Å². The molecule has 1 fully saturated rings. The number of rotatable bonds is 3. The van der Waals surface area contributed by atoms with Crippen LogP contribution in [-0.2, 0) is 14.3 Å². The van der Waals surface area contributed by atoms with Crippen molar-refractivity contribution in [3.8, 4) is 0 Å². The zero-order valence-electron chi connectivity index (χ0n) is 16.5. The number of nitrogen functional groups attached to an aromatic ring is 1. The molecule has 1 aromatic carbocycles. The first kappa shape index (κ1) is 19.1. The number of morpholine rings is 1. The number of ether oxygens (including phenoxy) is 1. The maximum Gasteiger partial charge on any atom is 0.232 e. The number of amides is 2. The Balaban J connectivity index is 1.63. The molecule has 2 amide bonds. The van der Waals surface area contributed by atoms with E-state index in [2.05, 4.69) is 20.6 Å². The highest BCUT2D eigenvalue weighted by Gasteiger charge is 2.35. The van der Waals surface area contributed by atoms with Crippen LogP contribution in [0.4, 0.5) is 23.3 Å². The largest absolute Gasteiger partial charge is 0.383 e. The number of benzene rings is 1. The van der Waals surface area contributed by atoms with E-state index in [-0.39, 0.29) is 24.1 Å². The predicted octanol–water partition coefficient (Wildman–Crippen LogP) is 1.58. The minimum absolute atomic E-state index is 0.00582. The smallest absolute Gasteiger partial charge is 0.232 e. The molecule has 2 aliphatic heterocycles. The van der Waals surface area contributed by atoms with Gasteiger partial charge in [-0.3, -0.25) is 9.59 Å². The van der Waals surface area contributed by atoms with Crippen LogP contribution in [0.2, 0.25) is 0 Å². The second-order valence-electron chi connectivity index (χ2n) is 7.36. The summed E-state index contributed by atoms with van der Waals surface area (Å²) in [5.41, 5.74) is 9.57. The fraction of sp³-hybridized carbons (Fsp3) is 0.400. The normalized spacial score (nSPS) is 18.8. The summed E-state index contributed by atoms with van der Waals surface area (Å²) in [6.45, 7) is 6.42. The third kappa shape index (κ3) is 3.86. The number of fused-ring (bicyclic) bond motifs is 1. The van der Waals surface area contributed by atoms with Gasteiger partial charge in [-0.2, -0.15) is 9.97 Å². The Labute approximate surface area is 168 Å². The maximum atomic E-state index is 13.0. The van der Waals surface area contributed by atoms with Gasteiger partial charge in [-0.1, -0.05) is 6.07 Å². The third-order valence-corrected chi connectivity index (χ3v) is 5.34. The van der Waals surface area contributed by atoms with E-state index in [1.165, 1.54) is 0 Å². The summed E-state index contributed by atoms with van der Waals surface area (Å²) in [7, 11) is 0. The number of hydrogen-bond donors (Lipinski definition) is 3. The summed E-state index contributed by atoms with van der Waals surface area (Å²) >= 11 is 0. The Bertz CT molecular complexity index is 971. The van der Waals surface area contributed by atoms with Crippen molar-refractivity contribution in [1.82, 2.24) is 9.97 Å².